The van der Waals surface area contributed by atoms with Crippen molar-refractivity contribution in [2.24, 2.45) is 5.92 Å². The van der Waals surface area contributed by atoms with Crippen LogP contribution in [0.2, 0.25) is 0 Å². The minimum Gasteiger partial charge on any atom is -0.392 e. The lowest BCUT2D eigenvalue weighted by molar-refractivity contribution is -0.122. The molecule has 0 spiro atoms. The molecule has 4 nitrogen and oxygen atoms in total. The summed E-state index contributed by atoms with van der Waals surface area (Å²) in [5.74, 6) is -0.336. The van der Waals surface area contributed by atoms with Crippen LogP contribution in [0.3, 0.4) is 0 Å². The van der Waals surface area contributed by atoms with E-state index in [1.54, 1.807) is 0 Å². The highest BCUT2D eigenvalue weighted by atomic mass is 16.5. The molecule has 2 unspecified atom stereocenters. The summed E-state index contributed by atoms with van der Waals surface area (Å²) in [5, 5.41) is 12.8. The molecule has 1 aromatic carbocycles. The van der Waals surface area contributed by atoms with Gasteiger partial charge in [0, 0.05) is 5.69 Å². The second-order valence-corrected chi connectivity index (χ2v) is 6.87. The summed E-state index contributed by atoms with van der Waals surface area (Å²) < 4.78 is 5.99. The highest BCUT2D eigenvalue weighted by molar-refractivity contribution is 5.93. The minimum absolute atomic E-state index is 0.0691. The zero-order valence-electron chi connectivity index (χ0n) is 13.7. The van der Waals surface area contributed by atoms with Crippen LogP contribution < -0.4 is 5.32 Å². The molecule has 2 fully saturated rings. The minimum atomic E-state index is -0.493. The van der Waals surface area contributed by atoms with Crippen LogP contribution in [-0.2, 0) is 16.1 Å². The van der Waals surface area contributed by atoms with Crippen molar-refractivity contribution in [3.8, 4) is 0 Å². The number of amides is 1. The zero-order chi connectivity index (χ0) is 16.1. The largest absolute Gasteiger partial charge is 0.392 e. The molecule has 2 saturated carbocycles. The molecular weight excluding hydrogens is 290 g/mol. The summed E-state index contributed by atoms with van der Waals surface area (Å²) in [6.45, 7) is 0.598. The topological polar surface area (TPSA) is 58.6 Å². The van der Waals surface area contributed by atoms with Gasteiger partial charge in [0.05, 0.1) is 24.7 Å². The lowest BCUT2D eigenvalue weighted by Crippen LogP contribution is -2.28. The molecule has 2 aliphatic rings. The highest BCUT2D eigenvalue weighted by Gasteiger charge is 2.31. The summed E-state index contributed by atoms with van der Waals surface area (Å²) in [4.78, 5) is 12.2. The molecule has 2 atom stereocenters. The molecule has 126 valence electrons. The fourth-order valence-corrected chi connectivity index (χ4v) is 3.67. The Hall–Kier alpha value is -1.39. The second-order valence-electron chi connectivity index (χ2n) is 6.87. The van der Waals surface area contributed by atoms with Crippen molar-refractivity contribution in [1.82, 2.24) is 0 Å². The zero-order valence-corrected chi connectivity index (χ0v) is 13.7. The Labute approximate surface area is 138 Å². The third kappa shape index (κ3) is 4.55. The molecule has 0 aromatic heterocycles. The smallest absolute Gasteiger partial charge is 0.230 e. The van der Waals surface area contributed by atoms with Gasteiger partial charge in [-0.2, -0.15) is 0 Å². The third-order valence-corrected chi connectivity index (χ3v) is 5.05. The Bertz CT molecular complexity index is 525. The lowest BCUT2D eigenvalue weighted by Gasteiger charge is -2.22. The van der Waals surface area contributed by atoms with Gasteiger partial charge in [-0.3, -0.25) is 4.79 Å². The van der Waals surface area contributed by atoms with E-state index in [2.05, 4.69) is 5.32 Å². The van der Waals surface area contributed by atoms with E-state index in [4.69, 9.17) is 4.74 Å². The van der Waals surface area contributed by atoms with Gasteiger partial charge in [-0.15, -0.1) is 0 Å². The Morgan fingerprint density at radius 3 is 2.70 bits per heavy atom. The summed E-state index contributed by atoms with van der Waals surface area (Å²) in [7, 11) is 0. The van der Waals surface area contributed by atoms with Crippen LogP contribution in [0.15, 0.2) is 24.3 Å². The van der Waals surface area contributed by atoms with Crippen LogP contribution in [0.4, 0.5) is 5.69 Å². The summed E-state index contributed by atoms with van der Waals surface area (Å²) in [6.07, 6.45) is 8.51. The van der Waals surface area contributed by atoms with E-state index in [0.29, 0.717) is 12.7 Å². The number of benzene rings is 1. The van der Waals surface area contributed by atoms with Gasteiger partial charge in [0.25, 0.3) is 0 Å². The standard InChI is InChI=1S/C19H27NO3/c21-18-11-5-10-17(18)19(22)20-15-7-4-6-14(12-15)13-23-16-8-2-1-3-9-16/h4,6-7,12,16-18,21H,1-3,5,8-11,13H2,(H,20,22). The number of carbonyl (C=O) groups is 1. The molecule has 0 saturated heterocycles. The van der Waals surface area contributed by atoms with Gasteiger partial charge in [0.2, 0.25) is 5.91 Å². The van der Waals surface area contributed by atoms with Gasteiger partial charge < -0.3 is 15.2 Å². The van der Waals surface area contributed by atoms with Crippen LogP contribution in [-0.4, -0.2) is 23.2 Å². The number of ether oxygens (including phenoxy) is 1. The summed E-state index contributed by atoms with van der Waals surface area (Å²) in [5.41, 5.74) is 1.87. The van der Waals surface area contributed by atoms with Gasteiger partial charge in [-0.25, -0.2) is 0 Å². The molecule has 2 aliphatic carbocycles. The number of anilines is 1. The first-order valence-electron chi connectivity index (χ1n) is 8.92. The first-order chi connectivity index (χ1) is 11.2. The molecule has 4 heteroatoms. The molecule has 0 heterocycles. The maximum Gasteiger partial charge on any atom is 0.230 e. The van der Waals surface area contributed by atoms with Crippen LogP contribution in [0, 0.1) is 5.92 Å². The average Bonchev–Trinajstić information content (AvgIpc) is 3.00. The van der Waals surface area contributed by atoms with Crippen LogP contribution >= 0.6 is 0 Å². The van der Waals surface area contributed by atoms with Gasteiger partial charge in [-0.05, 0) is 49.8 Å². The predicted molar refractivity (Wildman–Crippen MR) is 90.1 cm³/mol. The molecule has 1 amide bonds. The molecular formula is C19H27NO3. The number of hydrogen-bond donors (Lipinski definition) is 2. The molecule has 23 heavy (non-hydrogen) atoms. The van der Waals surface area contributed by atoms with E-state index < -0.39 is 6.10 Å². The van der Waals surface area contributed by atoms with E-state index >= 15 is 0 Å². The van der Waals surface area contributed by atoms with E-state index in [1.807, 2.05) is 24.3 Å². The van der Waals surface area contributed by atoms with Crippen LogP contribution in [0.25, 0.3) is 0 Å². The van der Waals surface area contributed by atoms with E-state index in [9.17, 15) is 9.90 Å². The SMILES string of the molecule is O=C(Nc1cccc(COC2CCCCC2)c1)C1CCCC1O. The van der Waals surface area contributed by atoms with Crippen molar-refractivity contribution in [3.63, 3.8) is 0 Å². The van der Waals surface area contributed by atoms with Gasteiger partial charge in [0.1, 0.15) is 0 Å². The number of rotatable bonds is 5. The Balaban J connectivity index is 1.53. The number of carbonyl (C=O) groups excluding carboxylic acids is 1. The molecule has 0 radical (unpaired) electrons. The van der Waals surface area contributed by atoms with E-state index in [-0.39, 0.29) is 11.8 Å². The molecule has 3 rings (SSSR count). The fraction of sp³-hybridized carbons (Fsp3) is 0.632. The van der Waals surface area contributed by atoms with Crippen molar-refractivity contribution in [2.75, 3.05) is 5.32 Å². The number of aliphatic hydroxyl groups is 1. The first-order valence-corrected chi connectivity index (χ1v) is 8.92. The monoisotopic (exact) mass is 317 g/mol. The van der Waals surface area contributed by atoms with Crippen molar-refractivity contribution in [1.29, 1.82) is 0 Å². The van der Waals surface area contributed by atoms with Crippen LogP contribution in [0.5, 0.6) is 0 Å². The quantitative estimate of drug-likeness (QED) is 0.872. The molecule has 2 N–H and O–H groups in total. The number of hydrogen-bond acceptors (Lipinski definition) is 3. The molecule has 0 bridgehead atoms. The van der Waals surface area contributed by atoms with Gasteiger partial charge >= 0.3 is 0 Å². The fourth-order valence-electron chi connectivity index (χ4n) is 3.67. The highest BCUT2D eigenvalue weighted by Crippen LogP contribution is 2.27. The third-order valence-electron chi connectivity index (χ3n) is 5.05. The summed E-state index contributed by atoms with van der Waals surface area (Å²) >= 11 is 0. The van der Waals surface area contributed by atoms with E-state index in [1.165, 1.54) is 19.3 Å². The van der Waals surface area contributed by atoms with Crippen molar-refractivity contribution in [2.45, 2.75) is 70.2 Å². The molecule has 0 aliphatic heterocycles. The van der Waals surface area contributed by atoms with Crippen molar-refractivity contribution < 1.29 is 14.6 Å². The van der Waals surface area contributed by atoms with Crippen molar-refractivity contribution >= 4 is 11.6 Å². The maximum atomic E-state index is 12.2. The van der Waals surface area contributed by atoms with Crippen LogP contribution in [0.1, 0.15) is 56.9 Å². The Morgan fingerprint density at radius 2 is 1.96 bits per heavy atom. The Kier molecular flexibility index (Phi) is 5.68. The lowest BCUT2D eigenvalue weighted by atomic mass is 9.98. The van der Waals surface area contributed by atoms with Gasteiger partial charge in [0.15, 0.2) is 0 Å². The van der Waals surface area contributed by atoms with E-state index in [0.717, 1.165) is 43.4 Å². The normalized spacial score (nSPS) is 25.4. The predicted octanol–water partition coefficient (Wildman–Crippen LogP) is 3.64. The summed E-state index contributed by atoms with van der Waals surface area (Å²) in [6, 6.07) is 7.84. The first kappa shape index (κ1) is 16.5. The second kappa shape index (κ2) is 7.93. The van der Waals surface area contributed by atoms with Crippen molar-refractivity contribution in [3.05, 3.63) is 29.8 Å². The Morgan fingerprint density at radius 1 is 1.13 bits per heavy atom. The molecule has 1 aromatic rings. The van der Waals surface area contributed by atoms with Gasteiger partial charge in [-0.1, -0.05) is 31.4 Å². The average molecular weight is 317 g/mol. The maximum absolute atomic E-state index is 12.2. The number of aliphatic hydroxyl groups excluding tert-OH is 1. The number of nitrogens with one attached hydrogen (secondary N) is 1.